The highest BCUT2D eigenvalue weighted by atomic mass is 32.9. The van der Waals surface area contributed by atoms with E-state index in [-0.39, 0.29) is 6.42 Å². The lowest BCUT2D eigenvalue weighted by molar-refractivity contribution is -0.144. The summed E-state index contributed by atoms with van der Waals surface area (Å²) in [6.45, 7) is 6.32. The minimum Gasteiger partial charge on any atom is -0.455 e. The molecule has 1 aliphatic heterocycles. The van der Waals surface area contributed by atoms with E-state index in [1.807, 2.05) is 26.0 Å². The number of hydrogen-bond donors (Lipinski definition) is 0. The van der Waals surface area contributed by atoms with E-state index in [9.17, 15) is 9.59 Å². The SMILES string of the molecule is CCOP(=S)(OCC)S[C@@H]1C[C@H](OC(=O)c2ccccc2)[C@@H](OC(=O)c2ccccc2)[C@H](C)O1. The molecule has 4 atom stereocenters. The zero-order valence-electron chi connectivity index (χ0n) is 19.3. The van der Waals surface area contributed by atoms with E-state index in [1.165, 1.54) is 11.4 Å². The molecule has 0 spiro atoms. The van der Waals surface area contributed by atoms with Crippen LogP contribution in [0.15, 0.2) is 60.7 Å². The Balaban J connectivity index is 1.80. The van der Waals surface area contributed by atoms with Gasteiger partial charge in [0.2, 0.25) is 5.69 Å². The quantitative estimate of drug-likeness (QED) is 0.291. The van der Waals surface area contributed by atoms with E-state index < -0.39 is 41.4 Å². The molecule has 3 rings (SSSR count). The van der Waals surface area contributed by atoms with E-state index in [0.717, 1.165) is 0 Å². The average molecular weight is 525 g/mol. The molecule has 0 saturated carbocycles. The van der Waals surface area contributed by atoms with Gasteiger partial charge in [-0.1, -0.05) is 36.4 Å². The van der Waals surface area contributed by atoms with Crippen molar-refractivity contribution < 1.29 is 32.8 Å². The van der Waals surface area contributed by atoms with Crippen LogP contribution in [-0.2, 0) is 35.1 Å². The first-order chi connectivity index (χ1) is 16.3. The summed E-state index contributed by atoms with van der Waals surface area (Å²) in [5.41, 5.74) is -2.30. The van der Waals surface area contributed by atoms with Gasteiger partial charge in [-0.3, -0.25) is 0 Å². The maximum atomic E-state index is 12.8. The maximum Gasteiger partial charge on any atom is 0.338 e. The van der Waals surface area contributed by atoms with Gasteiger partial charge < -0.3 is 23.3 Å². The summed E-state index contributed by atoms with van der Waals surface area (Å²) in [5, 5.41) is 0. The summed E-state index contributed by atoms with van der Waals surface area (Å²) in [6.07, 6.45) is -1.83. The number of carbonyl (C=O) groups excluding carboxylic acids is 2. The van der Waals surface area contributed by atoms with Gasteiger partial charge in [0.15, 0.2) is 6.10 Å². The molecule has 2 aromatic carbocycles. The predicted molar refractivity (Wildman–Crippen MR) is 135 cm³/mol. The van der Waals surface area contributed by atoms with E-state index in [2.05, 4.69) is 0 Å². The van der Waals surface area contributed by atoms with Crippen molar-refractivity contribution >= 4 is 40.8 Å². The first-order valence-electron chi connectivity index (χ1n) is 11.1. The van der Waals surface area contributed by atoms with Gasteiger partial charge in [-0.15, -0.1) is 0 Å². The highest BCUT2D eigenvalue weighted by Crippen LogP contribution is 2.64. The summed E-state index contributed by atoms with van der Waals surface area (Å²) in [6, 6.07) is 17.3. The van der Waals surface area contributed by atoms with Crippen molar-refractivity contribution in [1.29, 1.82) is 0 Å². The molecule has 184 valence electrons. The second kappa shape index (κ2) is 12.8. The Labute approximate surface area is 209 Å². The fraction of sp³-hybridized carbons (Fsp3) is 0.417. The fourth-order valence-corrected chi connectivity index (χ4v) is 8.84. The lowest BCUT2D eigenvalue weighted by Gasteiger charge is -2.40. The van der Waals surface area contributed by atoms with Crippen LogP contribution in [0.4, 0.5) is 0 Å². The van der Waals surface area contributed by atoms with Crippen molar-refractivity contribution in [2.45, 2.75) is 50.9 Å². The molecule has 0 bridgehead atoms. The van der Waals surface area contributed by atoms with E-state index >= 15 is 0 Å². The number of rotatable bonds is 10. The summed E-state index contributed by atoms with van der Waals surface area (Å²) >= 11 is 6.93. The Morgan fingerprint density at radius 1 is 0.941 bits per heavy atom. The Morgan fingerprint density at radius 3 is 1.94 bits per heavy atom. The Morgan fingerprint density at radius 2 is 1.44 bits per heavy atom. The predicted octanol–water partition coefficient (Wildman–Crippen LogP) is 5.60. The van der Waals surface area contributed by atoms with Crippen LogP contribution >= 0.6 is 17.1 Å². The topological polar surface area (TPSA) is 80.3 Å². The Bertz CT molecular complexity index is 979. The molecular formula is C24H29O7PS2. The molecule has 34 heavy (non-hydrogen) atoms. The second-order valence-electron chi connectivity index (χ2n) is 7.44. The van der Waals surface area contributed by atoms with Crippen LogP contribution in [0.1, 0.15) is 47.9 Å². The van der Waals surface area contributed by atoms with Gasteiger partial charge in [0, 0.05) is 6.42 Å². The Hall–Kier alpha value is -1.74. The van der Waals surface area contributed by atoms with Gasteiger partial charge >= 0.3 is 11.9 Å². The van der Waals surface area contributed by atoms with Crippen LogP contribution in [0.5, 0.6) is 0 Å². The third-order valence-electron chi connectivity index (χ3n) is 4.96. The van der Waals surface area contributed by atoms with Crippen LogP contribution in [0.25, 0.3) is 0 Å². The van der Waals surface area contributed by atoms with Crippen molar-refractivity contribution in [3.05, 3.63) is 71.8 Å². The van der Waals surface area contributed by atoms with Crippen molar-refractivity contribution in [3.63, 3.8) is 0 Å². The fourth-order valence-electron chi connectivity index (χ4n) is 3.46. The minimum atomic E-state index is -2.65. The molecule has 1 saturated heterocycles. The molecule has 0 amide bonds. The number of hydrogen-bond acceptors (Lipinski definition) is 9. The molecule has 10 heteroatoms. The molecule has 0 aromatic heterocycles. The van der Waals surface area contributed by atoms with E-state index in [4.69, 9.17) is 35.1 Å². The molecule has 0 radical (unpaired) electrons. The average Bonchev–Trinajstić information content (AvgIpc) is 2.82. The lowest BCUT2D eigenvalue weighted by atomic mass is 10.0. The standard InChI is InChI=1S/C24H29O7PS2/c1-4-27-32(33,28-5-2)34-21-16-20(30-23(25)18-12-8-6-9-13-18)22(17(3)29-21)31-24(26)19-14-10-7-11-15-19/h6-15,17,20-22H,4-5,16H2,1-3H3/t17-,20-,21+,22-/m0/s1. The number of carbonyl (C=O) groups is 2. The first-order valence-corrected chi connectivity index (χ1v) is 15.2. The summed E-state index contributed by atoms with van der Waals surface area (Å²) in [4.78, 5) is 25.6. The van der Waals surface area contributed by atoms with Crippen LogP contribution in [0.2, 0.25) is 0 Å². The zero-order chi connectivity index (χ0) is 24.6. The van der Waals surface area contributed by atoms with Gasteiger partial charge in [0.1, 0.15) is 11.5 Å². The molecule has 0 N–H and O–H groups in total. The molecule has 1 fully saturated rings. The minimum absolute atomic E-state index is 0.263. The molecular weight excluding hydrogens is 495 g/mol. The summed E-state index contributed by atoms with van der Waals surface area (Å²) < 4.78 is 29.2. The van der Waals surface area contributed by atoms with Crippen molar-refractivity contribution in [2.24, 2.45) is 0 Å². The van der Waals surface area contributed by atoms with Crippen molar-refractivity contribution in [3.8, 4) is 0 Å². The highest BCUT2D eigenvalue weighted by molar-refractivity contribution is 8.68. The van der Waals surface area contributed by atoms with Gasteiger partial charge in [-0.25, -0.2) is 9.59 Å². The molecule has 0 unspecified atom stereocenters. The molecule has 1 heterocycles. The molecule has 0 aliphatic carbocycles. The summed E-state index contributed by atoms with van der Waals surface area (Å²) in [7, 11) is 0. The Kier molecular flexibility index (Phi) is 10.1. The monoisotopic (exact) mass is 524 g/mol. The summed E-state index contributed by atoms with van der Waals surface area (Å²) in [5.74, 6) is -1.01. The first kappa shape index (κ1) is 26.9. The number of esters is 2. The third-order valence-corrected chi connectivity index (χ3v) is 10.4. The van der Waals surface area contributed by atoms with Gasteiger partial charge in [0.25, 0.3) is 0 Å². The normalized spacial score (nSPS) is 22.7. The van der Waals surface area contributed by atoms with Crippen LogP contribution in [0, 0.1) is 0 Å². The van der Waals surface area contributed by atoms with E-state index in [1.54, 1.807) is 55.5 Å². The highest BCUT2D eigenvalue weighted by Gasteiger charge is 2.44. The number of ether oxygens (including phenoxy) is 3. The van der Waals surface area contributed by atoms with E-state index in [0.29, 0.717) is 24.3 Å². The maximum absolute atomic E-state index is 12.8. The third kappa shape index (κ3) is 7.38. The van der Waals surface area contributed by atoms with Crippen LogP contribution in [-0.4, -0.2) is 48.9 Å². The smallest absolute Gasteiger partial charge is 0.338 e. The molecule has 7 nitrogen and oxygen atoms in total. The van der Waals surface area contributed by atoms with Gasteiger partial charge in [-0.2, -0.15) is 0 Å². The largest absolute Gasteiger partial charge is 0.455 e. The lowest BCUT2D eigenvalue weighted by Crippen LogP contribution is -2.50. The number of benzene rings is 2. The van der Waals surface area contributed by atoms with Crippen LogP contribution in [0.3, 0.4) is 0 Å². The zero-order valence-corrected chi connectivity index (χ0v) is 21.9. The van der Waals surface area contributed by atoms with Crippen molar-refractivity contribution in [1.82, 2.24) is 0 Å². The van der Waals surface area contributed by atoms with Gasteiger partial charge in [0.05, 0.1) is 30.4 Å². The van der Waals surface area contributed by atoms with Gasteiger partial charge in [-0.05, 0) is 68.2 Å². The second-order valence-corrected chi connectivity index (χ2v) is 13.8. The van der Waals surface area contributed by atoms with Crippen molar-refractivity contribution in [2.75, 3.05) is 13.2 Å². The molecule has 1 aliphatic rings. The van der Waals surface area contributed by atoms with Crippen LogP contribution < -0.4 is 0 Å². The molecule has 2 aromatic rings.